The molecule has 0 atom stereocenters. The summed E-state index contributed by atoms with van der Waals surface area (Å²) < 4.78 is 5.32. The van der Waals surface area contributed by atoms with E-state index in [1.165, 1.54) is 19.0 Å². The topological polar surface area (TPSA) is 91.1 Å². The van der Waals surface area contributed by atoms with Gasteiger partial charge in [0.2, 0.25) is 5.82 Å². The molecule has 25 heavy (non-hydrogen) atoms. The van der Waals surface area contributed by atoms with Crippen molar-refractivity contribution < 1.29 is 9.53 Å². The normalized spacial score (nSPS) is 13.6. The fourth-order valence-electron chi connectivity index (χ4n) is 2.63. The van der Waals surface area contributed by atoms with E-state index in [0.29, 0.717) is 30.8 Å². The predicted octanol–water partition coefficient (Wildman–Crippen LogP) is 3.67. The summed E-state index contributed by atoms with van der Waals surface area (Å²) in [6.07, 6.45) is 5.69. The van der Waals surface area contributed by atoms with Crippen LogP contribution in [0.15, 0.2) is 12.3 Å². The lowest BCUT2D eigenvalue weighted by Gasteiger charge is -2.25. The Morgan fingerprint density at radius 2 is 2.12 bits per heavy atom. The van der Waals surface area contributed by atoms with Gasteiger partial charge in [0.1, 0.15) is 6.07 Å². The number of nitrogens with zero attached hydrogens (tertiary/aromatic N) is 4. The van der Waals surface area contributed by atoms with E-state index in [-0.39, 0.29) is 5.82 Å². The van der Waals surface area contributed by atoms with Crippen molar-refractivity contribution in [2.75, 3.05) is 18.2 Å². The second-order valence-electron chi connectivity index (χ2n) is 6.22. The van der Waals surface area contributed by atoms with E-state index in [2.05, 4.69) is 15.4 Å². The van der Waals surface area contributed by atoms with E-state index >= 15 is 0 Å². The van der Waals surface area contributed by atoms with Gasteiger partial charge in [-0.15, -0.1) is 0 Å². The summed E-state index contributed by atoms with van der Waals surface area (Å²) in [5.74, 6) is 1.31. The van der Waals surface area contributed by atoms with Crippen molar-refractivity contribution in [3.05, 3.63) is 18.1 Å². The Bertz CT molecular complexity index is 565. The number of nitrogens with one attached hydrogen (secondary N) is 1. The molecular weight excluding hydrogens is 318 g/mol. The van der Waals surface area contributed by atoms with Gasteiger partial charge in [0.05, 0.1) is 6.61 Å². The van der Waals surface area contributed by atoms with Crippen LogP contribution in [0.1, 0.15) is 59.2 Å². The van der Waals surface area contributed by atoms with Gasteiger partial charge in [-0.05, 0) is 24.7 Å². The van der Waals surface area contributed by atoms with E-state index in [1.54, 1.807) is 11.1 Å². The maximum Gasteiger partial charge on any atom is 0.426 e. The third-order valence-electron chi connectivity index (χ3n) is 3.72. The van der Waals surface area contributed by atoms with Crippen LogP contribution in [0.5, 0.6) is 0 Å². The summed E-state index contributed by atoms with van der Waals surface area (Å²) in [4.78, 5) is 20.0. The summed E-state index contributed by atoms with van der Waals surface area (Å²) in [5, 5.41) is 10.5. The van der Waals surface area contributed by atoms with Gasteiger partial charge in [-0.1, -0.05) is 40.5 Å². The maximum atomic E-state index is 12.0. The summed E-state index contributed by atoms with van der Waals surface area (Å²) in [5.41, 5.74) is 2.71. The second-order valence-corrected chi connectivity index (χ2v) is 6.22. The molecule has 0 saturated heterocycles. The van der Waals surface area contributed by atoms with Crippen LogP contribution in [0.25, 0.3) is 0 Å². The Kier molecular flexibility index (Phi) is 9.30. The summed E-state index contributed by atoms with van der Waals surface area (Å²) in [6, 6.07) is 3.55. The highest BCUT2D eigenvalue weighted by Gasteiger charge is 2.19. The molecular formula is C18H29N5O2. The van der Waals surface area contributed by atoms with Crippen LogP contribution in [0, 0.1) is 23.2 Å². The van der Waals surface area contributed by atoms with Crippen LogP contribution in [-0.4, -0.2) is 29.2 Å². The number of anilines is 1. The molecule has 1 aliphatic carbocycles. The Balaban J connectivity index is 0.00000151. The molecule has 1 N–H and O–H groups in total. The first-order valence-electron chi connectivity index (χ1n) is 9.02. The zero-order valence-electron chi connectivity index (χ0n) is 15.7. The molecule has 0 radical (unpaired) electrons. The standard InChI is InChI=1S/C16H23N5O2.C2H6/c1-12(2)10-21(15-7-8-18-14(9-17)19-15)20-16(22)23-11-13-5-3-4-6-13;1-2/h7-8,12-13H,3-6,10-11H2,1-2H3,(H,20,22);1-2H3. The molecule has 0 spiro atoms. The number of hydrogen-bond donors (Lipinski definition) is 1. The summed E-state index contributed by atoms with van der Waals surface area (Å²) in [6.45, 7) is 9.07. The van der Waals surface area contributed by atoms with Crippen molar-refractivity contribution in [3.63, 3.8) is 0 Å². The van der Waals surface area contributed by atoms with E-state index in [0.717, 1.165) is 12.8 Å². The van der Waals surface area contributed by atoms with Crippen LogP contribution in [0.4, 0.5) is 10.6 Å². The minimum atomic E-state index is -0.491. The Labute approximate surface area is 150 Å². The van der Waals surface area contributed by atoms with Gasteiger partial charge in [-0.25, -0.2) is 15.2 Å². The van der Waals surface area contributed by atoms with Gasteiger partial charge < -0.3 is 4.74 Å². The van der Waals surface area contributed by atoms with Gasteiger partial charge in [0.15, 0.2) is 5.82 Å². The second kappa shape index (κ2) is 11.2. The molecule has 7 heteroatoms. The number of amides is 1. The zero-order chi connectivity index (χ0) is 18.7. The van der Waals surface area contributed by atoms with Gasteiger partial charge in [-0.3, -0.25) is 5.01 Å². The lowest BCUT2D eigenvalue weighted by atomic mass is 10.1. The van der Waals surface area contributed by atoms with Crippen LogP contribution in [0.2, 0.25) is 0 Å². The molecule has 1 fully saturated rings. The fraction of sp³-hybridized carbons (Fsp3) is 0.667. The van der Waals surface area contributed by atoms with Gasteiger partial charge in [-0.2, -0.15) is 10.2 Å². The molecule has 1 aromatic rings. The molecule has 0 bridgehead atoms. The molecule has 1 heterocycles. The largest absolute Gasteiger partial charge is 0.448 e. The quantitative estimate of drug-likeness (QED) is 0.790. The van der Waals surface area contributed by atoms with Crippen molar-refractivity contribution in [1.82, 2.24) is 15.4 Å². The van der Waals surface area contributed by atoms with Crippen LogP contribution in [0.3, 0.4) is 0 Å². The first-order chi connectivity index (χ1) is 12.1. The first kappa shape index (κ1) is 20.7. The number of hydrogen-bond acceptors (Lipinski definition) is 6. The molecule has 2 rings (SSSR count). The Morgan fingerprint density at radius 3 is 2.72 bits per heavy atom. The average Bonchev–Trinajstić information content (AvgIpc) is 3.14. The van der Waals surface area contributed by atoms with E-state index in [9.17, 15) is 4.79 Å². The smallest absolute Gasteiger partial charge is 0.426 e. The molecule has 138 valence electrons. The Morgan fingerprint density at radius 1 is 1.44 bits per heavy atom. The summed E-state index contributed by atoms with van der Waals surface area (Å²) in [7, 11) is 0. The van der Waals surface area contributed by atoms with E-state index < -0.39 is 6.09 Å². The third-order valence-corrected chi connectivity index (χ3v) is 3.72. The highest BCUT2D eigenvalue weighted by Crippen LogP contribution is 2.24. The van der Waals surface area contributed by atoms with Crippen LogP contribution < -0.4 is 10.4 Å². The minimum absolute atomic E-state index is 0.0670. The van der Waals surface area contributed by atoms with E-state index in [4.69, 9.17) is 10.00 Å². The SMILES string of the molecule is CC.CC(C)CN(NC(=O)OCC1CCCC1)c1ccnc(C#N)n1. The monoisotopic (exact) mass is 347 g/mol. The minimum Gasteiger partial charge on any atom is -0.448 e. The predicted molar refractivity (Wildman–Crippen MR) is 96.7 cm³/mol. The zero-order valence-corrected chi connectivity index (χ0v) is 15.7. The summed E-state index contributed by atoms with van der Waals surface area (Å²) >= 11 is 0. The first-order valence-corrected chi connectivity index (χ1v) is 9.02. The Hall–Kier alpha value is -2.36. The molecule has 1 saturated carbocycles. The van der Waals surface area contributed by atoms with Gasteiger partial charge in [0.25, 0.3) is 0 Å². The molecule has 1 aromatic heterocycles. The van der Waals surface area contributed by atoms with Crippen LogP contribution >= 0.6 is 0 Å². The fourth-order valence-corrected chi connectivity index (χ4v) is 2.63. The van der Waals surface area contributed by atoms with Crippen LogP contribution in [-0.2, 0) is 4.74 Å². The number of rotatable bonds is 6. The van der Waals surface area contributed by atoms with Crippen molar-refractivity contribution in [3.8, 4) is 6.07 Å². The van der Waals surface area contributed by atoms with Crippen molar-refractivity contribution in [2.24, 2.45) is 11.8 Å². The lowest BCUT2D eigenvalue weighted by Crippen LogP contribution is -2.45. The third kappa shape index (κ3) is 7.38. The number of carbonyl (C=O) groups is 1. The number of aromatic nitrogens is 2. The van der Waals surface area contributed by atoms with Crippen molar-refractivity contribution in [1.29, 1.82) is 5.26 Å². The molecule has 1 amide bonds. The maximum absolute atomic E-state index is 12.0. The number of nitriles is 1. The average molecular weight is 347 g/mol. The molecule has 1 aliphatic rings. The van der Waals surface area contributed by atoms with Crippen molar-refractivity contribution >= 4 is 11.9 Å². The highest BCUT2D eigenvalue weighted by molar-refractivity contribution is 5.69. The molecule has 0 unspecified atom stereocenters. The van der Waals surface area contributed by atoms with Gasteiger partial charge in [0, 0.05) is 18.8 Å². The highest BCUT2D eigenvalue weighted by atomic mass is 16.6. The molecule has 7 nitrogen and oxygen atoms in total. The van der Waals surface area contributed by atoms with Crippen molar-refractivity contribution in [2.45, 2.75) is 53.4 Å². The number of carbonyl (C=O) groups excluding carboxylic acids is 1. The lowest BCUT2D eigenvalue weighted by molar-refractivity contribution is 0.126. The van der Waals surface area contributed by atoms with E-state index in [1.807, 2.05) is 33.8 Å². The molecule has 0 aliphatic heterocycles. The molecule has 0 aromatic carbocycles. The number of ether oxygens (including phenoxy) is 1. The number of hydrazine groups is 1. The van der Waals surface area contributed by atoms with Gasteiger partial charge >= 0.3 is 6.09 Å².